The maximum atomic E-state index is 13.3. The summed E-state index contributed by atoms with van der Waals surface area (Å²) in [6, 6.07) is 5.00. The number of hydrogen-bond acceptors (Lipinski definition) is 8. The fourth-order valence-electron chi connectivity index (χ4n) is 5.48. The zero-order chi connectivity index (χ0) is 32.5. The Labute approximate surface area is 263 Å². The van der Waals surface area contributed by atoms with Crippen LogP contribution in [0.15, 0.2) is 40.5 Å². The number of rotatable bonds is 5. The van der Waals surface area contributed by atoms with E-state index in [1.165, 1.54) is 10.9 Å². The van der Waals surface area contributed by atoms with Crippen LogP contribution in [0, 0.1) is 11.3 Å². The molecule has 2 aromatic rings. The Balaban J connectivity index is 0.00000127. The third-order valence-corrected chi connectivity index (χ3v) is 8.71. The van der Waals surface area contributed by atoms with E-state index in [0.717, 1.165) is 37.8 Å². The Bertz CT molecular complexity index is 1310. The number of anilines is 1. The molecule has 244 valence electrons. The van der Waals surface area contributed by atoms with Crippen LogP contribution in [-0.4, -0.2) is 58.3 Å². The highest BCUT2D eigenvalue weighted by Crippen LogP contribution is 2.59. The SMILES string of the molecule is CC.CC.CC1(C)CC2CCCN=C/C(=C\N)SNC(=O)c3ccc(-n4ccc(OCCC5(C(F)(F)F)CC5)n4)nc3N1C2. The third-order valence-electron chi connectivity index (χ3n) is 7.95. The Morgan fingerprint density at radius 3 is 2.57 bits per heavy atom. The second-order valence-electron chi connectivity index (χ2n) is 11.3. The van der Waals surface area contributed by atoms with Crippen LogP contribution in [0.4, 0.5) is 19.0 Å². The normalized spacial score (nSPS) is 21.6. The molecule has 1 saturated carbocycles. The van der Waals surface area contributed by atoms with Crippen molar-refractivity contribution < 1.29 is 22.7 Å². The van der Waals surface area contributed by atoms with Crippen molar-refractivity contribution in [2.45, 2.75) is 91.8 Å². The van der Waals surface area contributed by atoms with Crippen LogP contribution in [0.1, 0.15) is 90.4 Å². The molecule has 13 heteroatoms. The minimum atomic E-state index is -4.21. The van der Waals surface area contributed by atoms with E-state index in [1.54, 1.807) is 30.6 Å². The zero-order valence-electron chi connectivity index (χ0n) is 26.6. The van der Waals surface area contributed by atoms with Crippen LogP contribution in [0.2, 0.25) is 0 Å². The molecule has 4 heterocycles. The lowest BCUT2D eigenvalue weighted by atomic mass is 9.93. The molecule has 1 unspecified atom stereocenters. The first-order valence-electron chi connectivity index (χ1n) is 15.4. The van der Waals surface area contributed by atoms with Crippen molar-refractivity contribution in [2.24, 2.45) is 22.1 Å². The molecule has 1 saturated heterocycles. The van der Waals surface area contributed by atoms with Gasteiger partial charge >= 0.3 is 6.18 Å². The smallest absolute Gasteiger partial charge is 0.394 e. The Hall–Kier alpha value is -3.22. The van der Waals surface area contributed by atoms with Crippen molar-refractivity contribution in [1.29, 1.82) is 0 Å². The quantitative estimate of drug-likeness (QED) is 0.337. The maximum Gasteiger partial charge on any atom is 0.394 e. The molecule has 2 aliphatic heterocycles. The van der Waals surface area contributed by atoms with Crippen molar-refractivity contribution in [2.75, 3.05) is 24.6 Å². The van der Waals surface area contributed by atoms with Gasteiger partial charge < -0.3 is 15.4 Å². The predicted octanol–water partition coefficient (Wildman–Crippen LogP) is 7.08. The van der Waals surface area contributed by atoms with Gasteiger partial charge in [-0.3, -0.25) is 14.5 Å². The van der Waals surface area contributed by atoms with Gasteiger partial charge in [-0.2, -0.15) is 13.2 Å². The Morgan fingerprint density at radius 1 is 1.18 bits per heavy atom. The zero-order valence-corrected chi connectivity index (χ0v) is 27.4. The van der Waals surface area contributed by atoms with Crippen LogP contribution in [0.5, 0.6) is 5.88 Å². The van der Waals surface area contributed by atoms with E-state index in [2.05, 4.69) is 33.6 Å². The molecule has 1 aliphatic carbocycles. The number of carbonyl (C=O) groups is 1. The number of nitrogens with zero attached hydrogens (tertiary/aromatic N) is 5. The predicted molar refractivity (Wildman–Crippen MR) is 171 cm³/mol. The number of pyridine rings is 1. The van der Waals surface area contributed by atoms with E-state index in [4.69, 9.17) is 15.5 Å². The summed E-state index contributed by atoms with van der Waals surface area (Å²) in [6.07, 6.45) is 3.61. The van der Waals surface area contributed by atoms with Crippen LogP contribution in [-0.2, 0) is 0 Å². The highest BCUT2D eigenvalue weighted by Gasteiger charge is 2.62. The average Bonchev–Trinajstić information content (AvgIpc) is 3.56. The fourth-order valence-corrected chi connectivity index (χ4v) is 6.00. The number of ether oxygens (including phenoxy) is 1. The molecular weight excluding hydrogens is 591 g/mol. The first kappa shape index (κ1) is 35.3. The van der Waals surface area contributed by atoms with Gasteiger partial charge in [-0.25, -0.2) is 9.67 Å². The van der Waals surface area contributed by atoms with Gasteiger partial charge in [0.05, 0.1) is 22.5 Å². The molecule has 0 radical (unpaired) electrons. The minimum Gasteiger partial charge on any atom is -0.477 e. The number of fused-ring (bicyclic) bond motifs is 4. The van der Waals surface area contributed by atoms with Gasteiger partial charge in [0.2, 0.25) is 5.88 Å². The van der Waals surface area contributed by atoms with E-state index >= 15 is 0 Å². The summed E-state index contributed by atoms with van der Waals surface area (Å²) >= 11 is 1.09. The van der Waals surface area contributed by atoms with Crippen LogP contribution in [0.25, 0.3) is 5.82 Å². The number of aliphatic imine (C=N–C) groups is 1. The molecule has 3 aliphatic rings. The lowest BCUT2D eigenvalue weighted by Gasteiger charge is -2.34. The van der Waals surface area contributed by atoms with Gasteiger partial charge in [0.1, 0.15) is 5.82 Å². The van der Waals surface area contributed by atoms with Gasteiger partial charge in [0.15, 0.2) is 5.82 Å². The summed E-state index contributed by atoms with van der Waals surface area (Å²) in [5.41, 5.74) is 4.28. The lowest BCUT2D eigenvalue weighted by molar-refractivity contribution is -0.190. The first-order valence-corrected chi connectivity index (χ1v) is 16.3. The van der Waals surface area contributed by atoms with E-state index < -0.39 is 11.6 Å². The standard InChI is InChI=1S/C27H34F3N7O2S.2C2H6/c1-25(2)14-18-4-3-11-32-16-19(15-31)40-35-24(38)20-5-6-21(33-23(20)36(25)17-18)37-12-7-22(34-37)39-13-10-26(8-9-26)27(28,29)30;2*1-2/h5-7,12,15-16,18H,3-4,8-11,13-14,17,31H2,1-2H3,(H,35,38);2*1-2H3/b19-15+,32-16?;;. The van der Waals surface area contributed by atoms with E-state index in [-0.39, 0.29) is 43.2 Å². The number of hydrogen-bond donors (Lipinski definition) is 2. The van der Waals surface area contributed by atoms with Crippen LogP contribution >= 0.6 is 11.9 Å². The summed E-state index contributed by atoms with van der Waals surface area (Å²) in [6.45, 7) is 13.7. The van der Waals surface area contributed by atoms with E-state index in [0.29, 0.717) is 34.6 Å². The summed E-state index contributed by atoms with van der Waals surface area (Å²) < 4.78 is 49.6. The van der Waals surface area contributed by atoms with Crippen molar-refractivity contribution >= 4 is 29.9 Å². The van der Waals surface area contributed by atoms with Gasteiger partial charge in [-0.1, -0.05) is 27.7 Å². The van der Waals surface area contributed by atoms with E-state index in [1.807, 2.05) is 27.7 Å². The summed E-state index contributed by atoms with van der Waals surface area (Å²) in [4.78, 5) is 25.5. The van der Waals surface area contributed by atoms with Crippen LogP contribution in [0.3, 0.4) is 0 Å². The number of carbonyl (C=O) groups excluding carboxylic acids is 1. The minimum absolute atomic E-state index is 0.0702. The topological polar surface area (TPSA) is 111 Å². The van der Waals surface area contributed by atoms with Gasteiger partial charge in [-0.05, 0) is 82.4 Å². The summed E-state index contributed by atoms with van der Waals surface area (Å²) in [5.74, 6) is 1.35. The molecule has 5 rings (SSSR count). The molecule has 0 spiro atoms. The van der Waals surface area contributed by atoms with Gasteiger partial charge in [-0.15, -0.1) is 5.10 Å². The Morgan fingerprint density at radius 2 is 1.91 bits per heavy atom. The molecule has 0 aromatic carbocycles. The fraction of sp³-hybridized carbons (Fsp3) is 0.613. The van der Waals surface area contributed by atoms with E-state index in [9.17, 15) is 18.0 Å². The van der Waals surface area contributed by atoms with Crippen molar-refractivity contribution in [3.63, 3.8) is 0 Å². The van der Waals surface area contributed by atoms with Crippen molar-refractivity contribution in [3.05, 3.63) is 41.1 Å². The number of nitrogens with two attached hydrogens (primary N) is 1. The average molecular weight is 638 g/mol. The molecule has 3 N–H and O–H groups in total. The molecule has 2 aromatic heterocycles. The molecule has 9 nitrogen and oxygen atoms in total. The van der Waals surface area contributed by atoms with Gasteiger partial charge in [0, 0.05) is 43.3 Å². The number of allylic oxidation sites excluding steroid dienone is 1. The number of halogens is 3. The molecular formula is C31H46F3N7O2S. The second kappa shape index (κ2) is 15.2. The Kier molecular flexibility index (Phi) is 12.2. The van der Waals surface area contributed by atoms with Crippen LogP contribution < -0.4 is 20.1 Å². The lowest BCUT2D eigenvalue weighted by Crippen LogP contribution is -2.40. The molecule has 44 heavy (non-hydrogen) atoms. The number of alkyl halides is 3. The number of amides is 1. The second-order valence-corrected chi connectivity index (χ2v) is 12.2. The number of nitrogens with one attached hydrogen (secondary N) is 1. The monoisotopic (exact) mass is 637 g/mol. The maximum absolute atomic E-state index is 13.3. The first-order chi connectivity index (χ1) is 21.0. The van der Waals surface area contributed by atoms with Gasteiger partial charge in [0.25, 0.3) is 5.91 Å². The molecule has 1 atom stereocenters. The number of aromatic nitrogens is 3. The molecule has 1 amide bonds. The largest absolute Gasteiger partial charge is 0.477 e. The highest BCUT2D eigenvalue weighted by atomic mass is 32.2. The molecule has 2 bridgehead atoms. The molecule has 2 fully saturated rings. The summed E-state index contributed by atoms with van der Waals surface area (Å²) in [5, 5.41) is 4.39. The third kappa shape index (κ3) is 8.28. The van der Waals surface area contributed by atoms with Crippen molar-refractivity contribution in [1.82, 2.24) is 19.5 Å². The summed E-state index contributed by atoms with van der Waals surface area (Å²) in [7, 11) is 0. The highest BCUT2D eigenvalue weighted by molar-refractivity contribution is 8.02. The van der Waals surface area contributed by atoms with Crippen molar-refractivity contribution in [3.8, 4) is 11.7 Å².